The number of imide groups is 1. The number of nitrogens with two attached hydrogens (primary N) is 1. The van der Waals surface area contributed by atoms with Gasteiger partial charge >= 0.3 is 0 Å². The van der Waals surface area contributed by atoms with E-state index in [4.69, 9.17) is 26.8 Å². The van der Waals surface area contributed by atoms with Gasteiger partial charge < -0.3 is 20.5 Å². The van der Waals surface area contributed by atoms with Gasteiger partial charge in [-0.15, -0.1) is 0 Å². The Hall–Kier alpha value is -3.02. The molecule has 1 aliphatic rings. The molecular weight excluding hydrogens is 562 g/mol. The lowest BCUT2D eigenvalue weighted by atomic mass is 10.2. The summed E-state index contributed by atoms with van der Waals surface area (Å²) in [5.74, 6) is -1.17. The number of halogens is 2. The largest absolute Gasteiger partial charge is 0.490 e. The number of hydrogen-bond donors (Lipinski definition) is 2. The van der Waals surface area contributed by atoms with Crippen molar-refractivity contribution in [1.82, 2.24) is 4.90 Å². The molecule has 0 aromatic heterocycles. The smallest absolute Gasteiger partial charge is 0.294 e. The summed E-state index contributed by atoms with van der Waals surface area (Å²) in [7, 11) is 0. The maximum Gasteiger partial charge on any atom is 0.294 e. The minimum absolute atomic E-state index is 0.135. The number of amides is 4. The number of anilines is 1. The fourth-order valence-corrected chi connectivity index (χ4v) is 4.62. The van der Waals surface area contributed by atoms with Gasteiger partial charge in [0.25, 0.3) is 17.1 Å². The highest BCUT2D eigenvalue weighted by atomic mass is 79.9. The molecule has 0 atom stereocenters. The van der Waals surface area contributed by atoms with Crippen molar-refractivity contribution in [3.05, 3.63) is 55.9 Å². The molecule has 184 valence electrons. The number of nitrogens with zero attached hydrogens (tertiary/aromatic N) is 1. The van der Waals surface area contributed by atoms with E-state index in [9.17, 15) is 19.2 Å². The SMILES string of the molecule is CCOc1cc(/C=C2\SC(=O)N(CC(N)=O)C2=O)cc(Br)c1OCC(=O)Nc1ccc(C)c(Cl)c1. The molecule has 35 heavy (non-hydrogen) atoms. The minimum atomic E-state index is -0.786. The molecule has 0 aliphatic carbocycles. The first-order valence-corrected chi connectivity index (χ1v) is 12.3. The van der Waals surface area contributed by atoms with Gasteiger partial charge in [0.05, 0.1) is 16.0 Å². The molecule has 0 radical (unpaired) electrons. The van der Waals surface area contributed by atoms with Crippen LogP contribution in [-0.4, -0.2) is 47.6 Å². The van der Waals surface area contributed by atoms with Crippen molar-refractivity contribution >= 4 is 74.0 Å². The molecule has 0 bridgehead atoms. The van der Waals surface area contributed by atoms with Gasteiger partial charge in [-0.3, -0.25) is 24.1 Å². The molecule has 1 aliphatic heterocycles. The minimum Gasteiger partial charge on any atom is -0.490 e. The number of ether oxygens (including phenoxy) is 2. The molecule has 1 saturated heterocycles. The van der Waals surface area contributed by atoms with Crippen LogP contribution in [0.1, 0.15) is 18.1 Å². The molecule has 4 amide bonds. The summed E-state index contributed by atoms with van der Waals surface area (Å²) in [5.41, 5.74) is 7.08. The third-order valence-corrected chi connectivity index (χ3v) is 6.52. The summed E-state index contributed by atoms with van der Waals surface area (Å²) in [6.45, 7) is 3.18. The van der Waals surface area contributed by atoms with Crippen molar-refractivity contribution in [2.75, 3.05) is 25.1 Å². The number of rotatable bonds is 9. The summed E-state index contributed by atoms with van der Waals surface area (Å²) >= 11 is 10.2. The summed E-state index contributed by atoms with van der Waals surface area (Å²) < 4.78 is 11.8. The predicted molar refractivity (Wildman–Crippen MR) is 137 cm³/mol. The number of carbonyl (C=O) groups is 4. The Morgan fingerprint density at radius 3 is 2.63 bits per heavy atom. The molecule has 9 nitrogen and oxygen atoms in total. The number of thioether (sulfide) groups is 1. The van der Waals surface area contributed by atoms with Gasteiger partial charge in [-0.1, -0.05) is 17.7 Å². The van der Waals surface area contributed by atoms with Gasteiger partial charge in [0, 0.05) is 10.7 Å². The first-order valence-electron chi connectivity index (χ1n) is 10.3. The maximum atomic E-state index is 12.5. The van der Waals surface area contributed by atoms with E-state index in [2.05, 4.69) is 21.2 Å². The van der Waals surface area contributed by atoms with Crippen LogP contribution in [0.2, 0.25) is 5.02 Å². The molecule has 3 N–H and O–H groups in total. The second kappa shape index (κ2) is 11.6. The molecular formula is C23H21BrClN3O6S. The molecule has 1 heterocycles. The van der Waals surface area contributed by atoms with Gasteiger partial charge in [0.15, 0.2) is 18.1 Å². The Labute approximate surface area is 219 Å². The van der Waals surface area contributed by atoms with Gasteiger partial charge in [-0.25, -0.2) is 0 Å². The van der Waals surface area contributed by atoms with E-state index in [1.54, 1.807) is 37.3 Å². The molecule has 2 aromatic carbocycles. The van der Waals surface area contributed by atoms with Crippen LogP contribution in [0, 0.1) is 6.92 Å². The Kier molecular flexibility index (Phi) is 8.82. The highest BCUT2D eigenvalue weighted by molar-refractivity contribution is 9.10. The van der Waals surface area contributed by atoms with Crippen LogP contribution in [0.25, 0.3) is 6.08 Å². The molecule has 0 saturated carbocycles. The summed E-state index contributed by atoms with van der Waals surface area (Å²) in [6.07, 6.45) is 1.50. The van der Waals surface area contributed by atoms with E-state index in [0.29, 0.717) is 50.6 Å². The fraction of sp³-hybridized carbons (Fsp3) is 0.217. The van der Waals surface area contributed by atoms with E-state index >= 15 is 0 Å². The Morgan fingerprint density at radius 2 is 1.97 bits per heavy atom. The average Bonchev–Trinajstić information content (AvgIpc) is 3.03. The van der Waals surface area contributed by atoms with Crippen LogP contribution in [0.5, 0.6) is 11.5 Å². The monoisotopic (exact) mass is 581 g/mol. The average molecular weight is 583 g/mol. The third kappa shape index (κ3) is 6.77. The maximum absolute atomic E-state index is 12.5. The number of hydrogen-bond acceptors (Lipinski definition) is 7. The first kappa shape index (κ1) is 26.6. The van der Waals surface area contributed by atoms with Gasteiger partial charge in [-0.2, -0.15) is 0 Å². The van der Waals surface area contributed by atoms with E-state index in [-0.39, 0.29) is 11.5 Å². The zero-order valence-electron chi connectivity index (χ0n) is 18.7. The highest BCUT2D eigenvalue weighted by Crippen LogP contribution is 2.39. The second-order valence-corrected chi connectivity index (χ2v) is 9.55. The van der Waals surface area contributed by atoms with Crippen LogP contribution < -0.4 is 20.5 Å². The zero-order valence-corrected chi connectivity index (χ0v) is 21.9. The quantitative estimate of drug-likeness (QED) is 0.421. The number of aryl methyl sites for hydroxylation is 1. The molecule has 2 aromatic rings. The van der Waals surface area contributed by atoms with Crippen LogP contribution in [-0.2, 0) is 14.4 Å². The number of carbonyl (C=O) groups excluding carboxylic acids is 4. The molecule has 3 rings (SSSR count). The van der Waals surface area contributed by atoms with Crippen molar-refractivity contribution in [1.29, 1.82) is 0 Å². The van der Waals surface area contributed by atoms with Crippen molar-refractivity contribution < 1.29 is 28.7 Å². The Balaban J connectivity index is 1.76. The first-order chi connectivity index (χ1) is 16.6. The fourth-order valence-electron chi connectivity index (χ4n) is 3.02. The van der Waals surface area contributed by atoms with Crippen LogP contribution in [0.15, 0.2) is 39.7 Å². The zero-order chi connectivity index (χ0) is 25.7. The molecule has 0 unspecified atom stereocenters. The van der Waals surface area contributed by atoms with Crippen molar-refractivity contribution in [3.63, 3.8) is 0 Å². The van der Waals surface area contributed by atoms with Crippen LogP contribution in [0.3, 0.4) is 0 Å². The summed E-state index contributed by atoms with van der Waals surface area (Å²) in [5, 5.41) is 2.67. The van der Waals surface area contributed by atoms with E-state index in [0.717, 1.165) is 10.5 Å². The lowest BCUT2D eigenvalue weighted by molar-refractivity contribution is -0.127. The summed E-state index contributed by atoms with van der Waals surface area (Å²) in [4.78, 5) is 48.9. The third-order valence-electron chi connectivity index (χ3n) is 4.62. The van der Waals surface area contributed by atoms with Gasteiger partial charge in [0.2, 0.25) is 5.91 Å². The lowest BCUT2D eigenvalue weighted by Gasteiger charge is -2.15. The van der Waals surface area contributed by atoms with E-state index in [1.807, 2.05) is 6.92 Å². The van der Waals surface area contributed by atoms with Crippen molar-refractivity contribution in [3.8, 4) is 11.5 Å². The summed E-state index contributed by atoms with van der Waals surface area (Å²) in [6, 6.07) is 8.45. The van der Waals surface area contributed by atoms with Crippen molar-refractivity contribution in [2.24, 2.45) is 5.73 Å². The Morgan fingerprint density at radius 1 is 1.23 bits per heavy atom. The topological polar surface area (TPSA) is 128 Å². The van der Waals surface area contributed by atoms with Crippen molar-refractivity contribution in [2.45, 2.75) is 13.8 Å². The Bertz CT molecular complexity index is 1240. The highest BCUT2D eigenvalue weighted by Gasteiger charge is 2.36. The lowest BCUT2D eigenvalue weighted by Crippen LogP contribution is -2.36. The van der Waals surface area contributed by atoms with Gasteiger partial charge in [-0.05, 0) is 83.0 Å². The second-order valence-electron chi connectivity index (χ2n) is 7.30. The predicted octanol–water partition coefficient (Wildman–Crippen LogP) is 4.35. The van der Waals surface area contributed by atoms with Gasteiger partial charge in [0.1, 0.15) is 6.54 Å². The number of primary amides is 1. The molecule has 12 heteroatoms. The molecule has 0 spiro atoms. The normalized spacial score (nSPS) is 14.4. The number of nitrogens with one attached hydrogen (secondary N) is 1. The van der Waals surface area contributed by atoms with Crippen LogP contribution in [0.4, 0.5) is 10.5 Å². The van der Waals surface area contributed by atoms with E-state index < -0.39 is 29.5 Å². The number of benzene rings is 2. The van der Waals surface area contributed by atoms with E-state index in [1.165, 1.54) is 6.08 Å². The molecule has 1 fully saturated rings. The van der Waals surface area contributed by atoms with Crippen LogP contribution >= 0.6 is 39.3 Å². The standard InChI is InChI=1S/C23H21BrClN3O6S/c1-3-33-17-7-13(8-18-22(31)28(10-19(26)29)23(32)35-18)6-15(24)21(17)34-11-20(30)27-14-5-4-12(2)16(25)9-14/h4-9H,3,10-11H2,1-2H3,(H2,26,29)(H,27,30)/b18-8-.